The van der Waals surface area contributed by atoms with Gasteiger partial charge < -0.3 is 5.11 Å². The fraction of sp³-hybridized carbons (Fsp3) is 0.462. The Balaban J connectivity index is 2.49. The van der Waals surface area contributed by atoms with Gasteiger partial charge >= 0.3 is 5.97 Å². The van der Waals surface area contributed by atoms with Crippen LogP contribution in [0.4, 0.5) is 0 Å². The van der Waals surface area contributed by atoms with Gasteiger partial charge in [0.05, 0.1) is 10.6 Å². The number of benzene rings is 1. The van der Waals surface area contributed by atoms with Gasteiger partial charge in [-0.05, 0) is 37.5 Å². The van der Waals surface area contributed by atoms with Gasteiger partial charge in [-0.25, -0.2) is 13.2 Å². The van der Waals surface area contributed by atoms with Gasteiger partial charge in [0.2, 0.25) is 10.0 Å². The summed E-state index contributed by atoms with van der Waals surface area (Å²) in [4.78, 5) is 10.8. The predicted molar refractivity (Wildman–Crippen MR) is 75.5 cm³/mol. The van der Waals surface area contributed by atoms with Crippen LogP contribution in [0.25, 0.3) is 0 Å². The van der Waals surface area contributed by atoms with Crippen LogP contribution in [0.15, 0.2) is 23.1 Å². The largest absolute Gasteiger partial charge is 0.478 e. The Bertz CT molecular complexity index is 644. The SMILES string of the molecule is CC1CC(C)N(S(=O)(=O)c2cc(C(=O)O)ccc2Cl)C1. The van der Waals surface area contributed by atoms with Gasteiger partial charge in [0.1, 0.15) is 4.90 Å². The third-order valence-electron chi connectivity index (χ3n) is 3.49. The van der Waals surface area contributed by atoms with Crippen molar-refractivity contribution in [2.75, 3.05) is 6.54 Å². The fourth-order valence-corrected chi connectivity index (χ4v) is 4.82. The first-order chi connectivity index (χ1) is 9.23. The zero-order chi connectivity index (χ0) is 15.1. The van der Waals surface area contributed by atoms with Crippen LogP contribution < -0.4 is 0 Å². The van der Waals surface area contributed by atoms with Crippen molar-refractivity contribution in [2.24, 2.45) is 5.92 Å². The molecule has 0 radical (unpaired) electrons. The molecule has 0 aliphatic carbocycles. The molecule has 0 saturated carbocycles. The van der Waals surface area contributed by atoms with E-state index >= 15 is 0 Å². The highest BCUT2D eigenvalue weighted by molar-refractivity contribution is 7.89. The highest BCUT2D eigenvalue weighted by Gasteiger charge is 2.37. The van der Waals surface area contributed by atoms with Crippen LogP contribution in [0.1, 0.15) is 30.6 Å². The van der Waals surface area contributed by atoms with Gasteiger partial charge in [-0.15, -0.1) is 0 Å². The molecule has 1 heterocycles. The number of carboxylic acid groups (broad SMARTS) is 1. The molecule has 1 aromatic carbocycles. The van der Waals surface area contributed by atoms with Gasteiger partial charge in [0.25, 0.3) is 0 Å². The van der Waals surface area contributed by atoms with Crippen LogP contribution in [-0.2, 0) is 10.0 Å². The van der Waals surface area contributed by atoms with E-state index in [2.05, 4.69) is 0 Å². The maximum Gasteiger partial charge on any atom is 0.335 e. The lowest BCUT2D eigenvalue weighted by molar-refractivity contribution is 0.0696. The molecule has 1 aliphatic heterocycles. The molecular weight excluding hydrogens is 302 g/mol. The Hall–Kier alpha value is -1.11. The van der Waals surface area contributed by atoms with E-state index in [0.717, 1.165) is 12.5 Å². The lowest BCUT2D eigenvalue weighted by Crippen LogP contribution is -2.34. The molecule has 20 heavy (non-hydrogen) atoms. The maximum atomic E-state index is 12.6. The van der Waals surface area contributed by atoms with E-state index in [1.54, 1.807) is 0 Å². The molecule has 1 aromatic rings. The van der Waals surface area contributed by atoms with Crippen LogP contribution in [0.3, 0.4) is 0 Å². The van der Waals surface area contributed by atoms with Crippen molar-refractivity contribution in [1.29, 1.82) is 0 Å². The molecule has 1 aliphatic rings. The molecular formula is C13H16ClNO4S. The number of rotatable bonds is 3. The van der Waals surface area contributed by atoms with E-state index in [4.69, 9.17) is 16.7 Å². The summed E-state index contributed by atoms with van der Waals surface area (Å²) < 4.78 is 26.7. The summed E-state index contributed by atoms with van der Waals surface area (Å²) in [6, 6.07) is 3.61. The molecule has 1 fully saturated rings. The van der Waals surface area contributed by atoms with Crippen LogP contribution in [0.2, 0.25) is 5.02 Å². The summed E-state index contributed by atoms with van der Waals surface area (Å²) in [5.74, 6) is -0.901. The quantitative estimate of drug-likeness (QED) is 0.929. The highest BCUT2D eigenvalue weighted by Crippen LogP contribution is 2.32. The molecule has 2 rings (SSSR count). The molecule has 1 saturated heterocycles. The summed E-state index contributed by atoms with van der Waals surface area (Å²) in [5, 5.41) is 9.02. The molecule has 2 unspecified atom stereocenters. The molecule has 0 aromatic heterocycles. The standard InChI is InChI=1S/C13H16ClNO4S/c1-8-5-9(2)15(7-8)20(18,19)12-6-10(13(16)17)3-4-11(12)14/h3-4,6,8-9H,5,7H2,1-2H3,(H,16,17). The second-order valence-electron chi connectivity index (χ2n) is 5.21. The van der Waals surface area contributed by atoms with Crippen molar-refractivity contribution in [3.05, 3.63) is 28.8 Å². The molecule has 0 spiro atoms. The average Bonchev–Trinajstić information content (AvgIpc) is 2.69. The molecule has 0 amide bonds. The summed E-state index contributed by atoms with van der Waals surface area (Å²) in [6.45, 7) is 4.26. The number of hydrogen-bond donors (Lipinski definition) is 1. The third-order valence-corrected chi connectivity index (χ3v) is 5.95. The minimum atomic E-state index is -3.77. The maximum absolute atomic E-state index is 12.6. The summed E-state index contributed by atoms with van der Waals surface area (Å²) in [6.07, 6.45) is 0.787. The highest BCUT2D eigenvalue weighted by atomic mass is 35.5. The number of carbonyl (C=O) groups is 1. The zero-order valence-electron chi connectivity index (χ0n) is 11.2. The van der Waals surface area contributed by atoms with E-state index < -0.39 is 16.0 Å². The van der Waals surface area contributed by atoms with Crippen LogP contribution in [0, 0.1) is 5.92 Å². The van der Waals surface area contributed by atoms with Crippen LogP contribution in [0.5, 0.6) is 0 Å². The number of nitrogens with zero attached hydrogens (tertiary/aromatic N) is 1. The summed E-state index contributed by atoms with van der Waals surface area (Å²) in [5.41, 5.74) is -0.0899. The Morgan fingerprint density at radius 2 is 2.05 bits per heavy atom. The Morgan fingerprint density at radius 3 is 2.55 bits per heavy atom. The predicted octanol–water partition coefficient (Wildman–Crippen LogP) is 2.46. The van der Waals surface area contributed by atoms with E-state index in [1.165, 1.54) is 16.4 Å². The number of hydrogen-bond acceptors (Lipinski definition) is 3. The molecule has 0 bridgehead atoms. The van der Waals surface area contributed by atoms with Crippen molar-refractivity contribution >= 4 is 27.6 Å². The number of halogens is 1. The minimum absolute atomic E-state index is 0.0433. The lowest BCUT2D eigenvalue weighted by Gasteiger charge is -2.21. The van der Waals surface area contributed by atoms with Crippen molar-refractivity contribution < 1.29 is 18.3 Å². The Morgan fingerprint density at radius 1 is 1.40 bits per heavy atom. The van der Waals surface area contributed by atoms with Crippen molar-refractivity contribution in [1.82, 2.24) is 4.31 Å². The molecule has 2 atom stereocenters. The minimum Gasteiger partial charge on any atom is -0.478 e. The summed E-state index contributed by atoms with van der Waals surface area (Å²) >= 11 is 5.95. The van der Waals surface area contributed by atoms with Gasteiger partial charge in [-0.1, -0.05) is 18.5 Å². The summed E-state index contributed by atoms with van der Waals surface area (Å²) in [7, 11) is -3.77. The number of aromatic carboxylic acids is 1. The average molecular weight is 318 g/mol. The lowest BCUT2D eigenvalue weighted by atomic mass is 10.1. The molecule has 110 valence electrons. The van der Waals surface area contributed by atoms with Crippen LogP contribution in [-0.4, -0.2) is 36.4 Å². The van der Waals surface area contributed by atoms with Gasteiger partial charge in [-0.3, -0.25) is 0 Å². The second kappa shape index (κ2) is 5.35. The van der Waals surface area contributed by atoms with E-state index in [9.17, 15) is 13.2 Å². The van der Waals surface area contributed by atoms with Crippen molar-refractivity contribution in [3.63, 3.8) is 0 Å². The first-order valence-electron chi connectivity index (χ1n) is 6.28. The fourth-order valence-electron chi connectivity index (χ4n) is 2.56. The van der Waals surface area contributed by atoms with Gasteiger partial charge in [0.15, 0.2) is 0 Å². The molecule has 5 nitrogen and oxygen atoms in total. The van der Waals surface area contributed by atoms with Gasteiger partial charge in [0, 0.05) is 12.6 Å². The molecule has 1 N–H and O–H groups in total. The van der Waals surface area contributed by atoms with E-state index in [0.29, 0.717) is 6.54 Å². The number of carboxylic acids is 1. The monoisotopic (exact) mass is 317 g/mol. The smallest absolute Gasteiger partial charge is 0.335 e. The van der Waals surface area contributed by atoms with Gasteiger partial charge in [-0.2, -0.15) is 4.31 Å². The number of sulfonamides is 1. The van der Waals surface area contributed by atoms with E-state index in [1.807, 2.05) is 13.8 Å². The van der Waals surface area contributed by atoms with Crippen molar-refractivity contribution in [2.45, 2.75) is 31.2 Å². The Labute approximate surface area is 123 Å². The first-order valence-corrected chi connectivity index (χ1v) is 8.10. The van der Waals surface area contributed by atoms with E-state index in [-0.39, 0.29) is 27.4 Å². The Kier molecular flexibility index (Phi) is 4.09. The molecule has 7 heteroatoms. The van der Waals surface area contributed by atoms with Crippen molar-refractivity contribution in [3.8, 4) is 0 Å². The normalized spacial score (nSPS) is 23.9. The zero-order valence-corrected chi connectivity index (χ0v) is 12.8. The van der Waals surface area contributed by atoms with Crippen LogP contribution >= 0.6 is 11.6 Å². The second-order valence-corrected chi connectivity index (χ2v) is 7.48. The first kappa shape index (κ1) is 15.3. The topological polar surface area (TPSA) is 74.7 Å². The third kappa shape index (κ3) is 2.68.